The molecule has 4 nitrogen and oxygen atoms in total. The first-order chi connectivity index (χ1) is 11.1. The van der Waals surface area contributed by atoms with Crippen LogP contribution in [-0.4, -0.2) is 23.2 Å². The van der Waals surface area contributed by atoms with Gasteiger partial charge in [0.15, 0.2) is 0 Å². The Balaban J connectivity index is 3.05. The smallest absolute Gasteiger partial charge is 0.319 e. The van der Waals surface area contributed by atoms with Gasteiger partial charge >= 0.3 is 5.97 Å². The number of nitrogens with one attached hydrogen (secondary N) is 1. The minimum Gasteiger partial charge on any atom is -0.462 e. The van der Waals surface area contributed by atoms with E-state index in [1.54, 1.807) is 0 Å². The zero-order chi connectivity index (χ0) is 18.4. The molecule has 2 unspecified atom stereocenters. The summed E-state index contributed by atoms with van der Waals surface area (Å²) >= 11 is 4.61. The highest BCUT2D eigenvalue weighted by molar-refractivity contribution is 9.10. The van der Waals surface area contributed by atoms with Crippen molar-refractivity contribution in [1.82, 2.24) is 0 Å². The van der Waals surface area contributed by atoms with Gasteiger partial charge in [-0.15, -0.1) is 11.8 Å². The lowest BCUT2D eigenvalue weighted by Crippen LogP contribution is -2.28. The van der Waals surface area contributed by atoms with Gasteiger partial charge in [0.2, 0.25) is 5.91 Å². The number of carbonyl (C=O) groups excluding carboxylic acids is 2. The van der Waals surface area contributed by atoms with Crippen LogP contribution in [0.3, 0.4) is 0 Å². The number of thioether (sulfide) groups is 1. The summed E-state index contributed by atoms with van der Waals surface area (Å²) in [6, 6.07) is 2.81. The molecule has 0 spiro atoms. The van der Waals surface area contributed by atoms with Crippen molar-refractivity contribution in [2.45, 2.75) is 57.3 Å². The normalized spacial score (nSPS) is 13.5. The van der Waals surface area contributed by atoms with Crippen molar-refractivity contribution in [3.63, 3.8) is 0 Å². The van der Waals surface area contributed by atoms with Crippen molar-refractivity contribution in [2.75, 3.05) is 5.32 Å². The third-order valence-electron chi connectivity index (χ3n) is 3.32. The van der Waals surface area contributed by atoms with E-state index < -0.39 is 11.1 Å². The van der Waals surface area contributed by atoms with E-state index in [9.17, 15) is 14.0 Å². The van der Waals surface area contributed by atoms with E-state index in [-0.39, 0.29) is 29.6 Å². The van der Waals surface area contributed by atoms with E-state index in [0.717, 1.165) is 6.42 Å². The molecule has 1 N–H and O–H groups in total. The van der Waals surface area contributed by atoms with Crippen molar-refractivity contribution in [2.24, 2.45) is 5.92 Å². The molecule has 1 aromatic carbocycles. The lowest BCUT2D eigenvalue weighted by Gasteiger charge is -2.22. The van der Waals surface area contributed by atoms with Crippen LogP contribution in [0.2, 0.25) is 0 Å². The Morgan fingerprint density at radius 3 is 2.46 bits per heavy atom. The van der Waals surface area contributed by atoms with Crippen LogP contribution in [0.5, 0.6) is 0 Å². The predicted molar refractivity (Wildman–Crippen MR) is 98.7 cm³/mol. The second-order valence-electron chi connectivity index (χ2n) is 5.88. The number of halogens is 2. The van der Waals surface area contributed by atoms with E-state index in [0.29, 0.717) is 9.37 Å². The van der Waals surface area contributed by atoms with Crippen LogP contribution in [0.15, 0.2) is 21.5 Å². The maximum Gasteiger partial charge on any atom is 0.319 e. The van der Waals surface area contributed by atoms with Gasteiger partial charge in [-0.05, 0) is 47.3 Å². The molecule has 0 saturated carbocycles. The van der Waals surface area contributed by atoms with Gasteiger partial charge in [0.1, 0.15) is 11.1 Å². The second kappa shape index (κ2) is 9.42. The molecule has 2 atom stereocenters. The Labute approximate surface area is 155 Å². The maximum absolute atomic E-state index is 13.9. The molecule has 0 saturated heterocycles. The third-order valence-corrected chi connectivity index (χ3v) is 5.82. The molecule has 1 amide bonds. The molecule has 0 aliphatic carbocycles. The Hall–Kier alpha value is -1.08. The lowest BCUT2D eigenvalue weighted by atomic mass is 10.1. The summed E-state index contributed by atoms with van der Waals surface area (Å²) in [6.07, 6.45) is 0.597. The van der Waals surface area contributed by atoms with Gasteiger partial charge in [-0.2, -0.15) is 0 Å². The van der Waals surface area contributed by atoms with Gasteiger partial charge in [-0.3, -0.25) is 9.59 Å². The first-order valence-electron chi connectivity index (χ1n) is 7.79. The molecule has 0 aromatic heterocycles. The third kappa shape index (κ3) is 6.09. The summed E-state index contributed by atoms with van der Waals surface area (Å²) < 4.78 is 19.9. The highest BCUT2D eigenvalue weighted by Crippen LogP contribution is 2.37. The Kier molecular flexibility index (Phi) is 8.22. The molecule has 0 aliphatic heterocycles. The summed E-state index contributed by atoms with van der Waals surface area (Å²) in [4.78, 5) is 24.2. The number of esters is 1. The van der Waals surface area contributed by atoms with Crippen LogP contribution < -0.4 is 5.32 Å². The first-order valence-corrected chi connectivity index (χ1v) is 9.46. The molecule has 1 aromatic rings. The van der Waals surface area contributed by atoms with E-state index in [2.05, 4.69) is 21.2 Å². The quantitative estimate of drug-likeness (QED) is 0.498. The lowest BCUT2D eigenvalue weighted by molar-refractivity contribution is -0.148. The zero-order valence-corrected chi connectivity index (χ0v) is 16.9. The average Bonchev–Trinajstić information content (AvgIpc) is 2.47. The van der Waals surface area contributed by atoms with Gasteiger partial charge in [-0.25, -0.2) is 4.39 Å². The van der Waals surface area contributed by atoms with E-state index in [1.165, 1.54) is 30.8 Å². The van der Waals surface area contributed by atoms with Crippen LogP contribution >= 0.6 is 27.7 Å². The standard InChI is InChI=1S/C17H23BrFNO3S/c1-6-10(4)23-17(22)16(9(2)3)24-15-8-14(20-11(5)21)13(19)7-12(15)18/h7-10,16H,6H2,1-5H3,(H,20,21). The second-order valence-corrected chi connectivity index (χ2v) is 7.92. The fourth-order valence-electron chi connectivity index (χ4n) is 1.85. The summed E-state index contributed by atoms with van der Waals surface area (Å²) in [7, 11) is 0. The summed E-state index contributed by atoms with van der Waals surface area (Å²) in [6.45, 7) is 8.98. The molecular weight excluding hydrogens is 397 g/mol. The molecule has 0 fully saturated rings. The Bertz CT molecular complexity index is 610. The summed E-state index contributed by atoms with van der Waals surface area (Å²) in [5.74, 6) is -1.15. The molecule has 0 heterocycles. The minimum absolute atomic E-state index is 0.0349. The minimum atomic E-state index is -0.537. The van der Waals surface area contributed by atoms with Crippen molar-refractivity contribution in [3.8, 4) is 0 Å². The molecule has 0 radical (unpaired) electrons. The fourth-order valence-corrected chi connectivity index (χ4v) is 3.50. The largest absolute Gasteiger partial charge is 0.462 e. The van der Waals surface area contributed by atoms with Gasteiger partial charge in [0, 0.05) is 16.3 Å². The van der Waals surface area contributed by atoms with Crippen molar-refractivity contribution < 1.29 is 18.7 Å². The number of anilines is 1. The number of amides is 1. The van der Waals surface area contributed by atoms with E-state index in [4.69, 9.17) is 4.74 Å². The molecular formula is C17H23BrFNO3S. The van der Waals surface area contributed by atoms with Gasteiger partial charge in [-0.1, -0.05) is 20.8 Å². The molecule has 7 heteroatoms. The first kappa shape index (κ1) is 21.0. The predicted octanol–water partition coefficient (Wildman–Crippen LogP) is 5.01. The number of hydrogen-bond donors (Lipinski definition) is 1. The number of rotatable bonds is 7. The molecule has 24 heavy (non-hydrogen) atoms. The maximum atomic E-state index is 13.9. The Morgan fingerprint density at radius 1 is 1.33 bits per heavy atom. The fraction of sp³-hybridized carbons (Fsp3) is 0.529. The number of carbonyl (C=O) groups is 2. The average molecular weight is 420 g/mol. The molecule has 134 valence electrons. The highest BCUT2D eigenvalue weighted by Gasteiger charge is 2.27. The van der Waals surface area contributed by atoms with Crippen LogP contribution in [-0.2, 0) is 14.3 Å². The molecule has 1 rings (SSSR count). The van der Waals surface area contributed by atoms with Gasteiger partial charge in [0.05, 0.1) is 11.8 Å². The van der Waals surface area contributed by atoms with Crippen molar-refractivity contribution in [1.29, 1.82) is 0 Å². The van der Waals surface area contributed by atoms with Crippen LogP contribution in [0.1, 0.15) is 41.0 Å². The highest BCUT2D eigenvalue weighted by atomic mass is 79.9. The molecule has 0 bridgehead atoms. The van der Waals surface area contributed by atoms with Crippen LogP contribution in [0.4, 0.5) is 10.1 Å². The number of ether oxygens (including phenoxy) is 1. The van der Waals surface area contributed by atoms with E-state index in [1.807, 2.05) is 27.7 Å². The number of benzene rings is 1. The SMILES string of the molecule is CCC(C)OC(=O)C(Sc1cc(NC(C)=O)c(F)cc1Br)C(C)C. The zero-order valence-electron chi connectivity index (χ0n) is 14.5. The van der Waals surface area contributed by atoms with Crippen molar-refractivity contribution in [3.05, 3.63) is 22.4 Å². The monoisotopic (exact) mass is 419 g/mol. The van der Waals surface area contributed by atoms with E-state index >= 15 is 0 Å². The van der Waals surface area contributed by atoms with Crippen molar-refractivity contribution >= 4 is 45.3 Å². The van der Waals surface area contributed by atoms with Gasteiger partial charge in [0.25, 0.3) is 0 Å². The van der Waals surface area contributed by atoms with Crippen LogP contribution in [0, 0.1) is 11.7 Å². The summed E-state index contributed by atoms with van der Waals surface area (Å²) in [5, 5.41) is 2.02. The Morgan fingerprint density at radius 2 is 1.96 bits per heavy atom. The van der Waals surface area contributed by atoms with Crippen LogP contribution in [0.25, 0.3) is 0 Å². The number of hydrogen-bond acceptors (Lipinski definition) is 4. The molecule has 0 aliphatic rings. The summed E-state index contributed by atoms with van der Waals surface area (Å²) in [5.41, 5.74) is 0.0889. The topological polar surface area (TPSA) is 55.4 Å². The van der Waals surface area contributed by atoms with Gasteiger partial charge < -0.3 is 10.1 Å².